The summed E-state index contributed by atoms with van der Waals surface area (Å²) in [7, 11) is 0. The molecule has 0 saturated heterocycles. The van der Waals surface area contributed by atoms with Gasteiger partial charge in [-0.3, -0.25) is 4.79 Å². The number of esters is 1. The van der Waals surface area contributed by atoms with E-state index in [-0.39, 0.29) is 6.54 Å². The number of halogens is 1. The van der Waals surface area contributed by atoms with E-state index in [1.807, 2.05) is 30.3 Å². The first kappa shape index (κ1) is 19.2. The number of amides is 1. The van der Waals surface area contributed by atoms with Crippen LogP contribution in [0.1, 0.15) is 33.3 Å². The van der Waals surface area contributed by atoms with Gasteiger partial charge < -0.3 is 14.8 Å². The second-order valence-corrected chi connectivity index (χ2v) is 6.88. The molecule has 0 aliphatic carbocycles. The lowest BCUT2D eigenvalue weighted by atomic mass is 10.2. The molecule has 6 heteroatoms. The van der Waals surface area contributed by atoms with Crippen molar-refractivity contribution in [1.82, 2.24) is 5.32 Å². The molecule has 1 N–H and O–H groups in total. The van der Waals surface area contributed by atoms with Gasteiger partial charge in [0.15, 0.2) is 0 Å². The molecule has 0 fully saturated rings. The fraction of sp³-hybridized carbons (Fsp3) is 0.412. The van der Waals surface area contributed by atoms with E-state index in [1.165, 1.54) is 0 Å². The monoisotopic (exact) mass is 383 g/mol. The topological polar surface area (TPSA) is 64.6 Å². The van der Waals surface area contributed by atoms with Crippen LogP contribution in [0, 0.1) is 0 Å². The van der Waals surface area contributed by atoms with Gasteiger partial charge in [0.05, 0.1) is 0 Å². The largest absolute Gasteiger partial charge is 0.457 e. The van der Waals surface area contributed by atoms with Crippen molar-refractivity contribution in [3.05, 3.63) is 40.4 Å². The Morgan fingerprint density at radius 3 is 2.43 bits per heavy atom. The molecule has 0 spiro atoms. The van der Waals surface area contributed by atoms with Gasteiger partial charge in [0, 0.05) is 4.47 Å². The molecule has 1 atom stereocenters. The SMILES string of the molecule is C[C@@H](/C=C/c1ccc(Br)cc1)OC(=O)CNC(=O)OC(C)(C)C. The van der Waals surface area contributed by atoms with Crippen LogP contribution in [0.4, 0.5) is 4.79 Å². The first-order valence-electron chi connectivity index (χ1n) is 7.26. The quantitative estimate of drug-likeness (QED) is 0.782. The summed E-state index contributed by atoms with van der Waals surface area (Å²) >= 11 is 3.37. The lowest BCUT2D eigenvalue weighted by molar-refractivity contribution is -0.145. The van der Waals surface area contributed by atoms with E-state index in [0.717, 1.165) is 10.0 Å². The van der Waals surface area contributed by atoms with Crippen molar-refractivity contribution in [2.24, 2.45) is 0 Å². The predicted molar refractivity (Wildman–Crippen MR) is 93.0 cm³/mol. The molecule has 0 radical (unpaired) electrons. The molecular weight excluding hydrogens is 362 g/mol. The molecule has 0 saturated carbocycles. The Labute approximate surface area is 145 Å². The Kier molecular flexibility index (Phi) is 7.29. The van der Waals surface area contributed by atoms with Crippen LogP contribution >= 0.6 is 15.9 Å². The summed E-state index contributed by atoms with van der Waals surface area (Å²) in [5.74, 6) is -0.524. The average Bonchev–Trinajstić information content (AvgIpc) is 2.43. The predicted octanol–water partition coefficient (Wildman–Crippen LogP) is 3.92. The second kappa shape index (κ2) is 8.72. The Balaban J connectivity index is 2.36. The van der Waals surface area contributed by atoms with Gasteiger partial charge in [0.25, 0.3) is 0 Å². The maximum atomic E-state index is 11.6. The van der Waals surface area contributed by atoms with Gasteiger partial charge in [-0.2, -0.15) is 0 Å². The Morgan fingerprint density at radius 1 is 1.26 bits per heavy atom. The van der Waals surface area contributed by atoms with E-state index >= 15 is 0 Å². The van der Waals surface area contributed by atoms with E-state index in [0.29, 0.717) is 0 Å². The average molecular weight is 384 g/mol. The van der Waals surface area contributed by atoms with Crippen LogP contribution in [0.2, 0.25) is 0 Å². The molecule has 1 amide bonds. The van der Waals surface area contributed by atoms with Crippen LogP contribution in [0.25, 0.3) is 6.08 Å². The third-order valence-corrected chi connectivity index (χ3v) is 3.05. The highest BCUT2D eigenvalue weighted by atomic mass is 79.9. The number of carbonyl (C=O) groups excluding carboxylic acids is 2. The second-order valence-electron chi connectivity index (χ2n) is 5.96. The summed E-state index contributed by atoms with van der Waals surface area (Å²) in [5.41, 5.74) is 0.400. The van der Waals surface area contributed by atoms with Crippen molar-refractivity contribution in [2.45, 2.75) is 39.4 Å². The van der Waals surface area contributed by atoms with Gasteiger partial charge in [0.2, 0.25) is 0 Å². The molecule has 5 nitrogen and oxygen atoms in total. The van der Waals surface area contributed by atoms with Crippen LogP contribution in [0.15, 0.2) is 34.8 Å². The van der Waals surface area contributed by atoms with Crippen molar-refractivity contribution in [2.75, 3.05) is 6.54 Å². The number of nitrogens with one attached hydrogen (secondary N) is 1. The molecular formula is C17H22BrNO4. The highest BCUT2D eigenvalue weighted by Gasteiger charge is 2.17. The summed E-state index contributed by atoms with van der Waals surface area (Å²) in [5, 5.41) is 2.36. The van der Waals surface area contributed by atoms with Crippen LogP contribution in [0.3, 0.4) is 0 Å². The van der Waals surface area contributed by atoms with Gasteiger partial charge in [-0.05, 0) is 51.5 Å². The number of carbonyl (C=O) groups is 2. The molecule has 0 aromatic heterocycles. The number of rotatable bonds is 5. The summed E-state index contributed by atoms with van der Waals surface area (Å²) in [6, 6.07) is 7.75. The van der Waals surface area contributed by atoms with Crippen molar-refractivity contribution in [3.63, 3.8) is 0 Å². The molecule has 23 heavy (non-hydrogen) atoms. The zero-order chi connectivity index (χ0) is 17.5. The molecule has 0 aliphatic rings. The summed E-state index contributed by atoms with van der Waals surface area (Å²) in [6.45, 7) is 6.77. The van der Waals surface area contributed by atoms with E-state index in [1.54, 1.807) is 33.8 Å². The van der Waals surface area contributed by atoms with Crippen molar-refractivity contribution >= 4 is 34.1 Å². The highest BCUT2D eigenvalue weighted by molar-refractivity contribution is 9.10. The zero-order valence-electron chi connectivity index (χ0n) is 13.8. The number of benzene rings is 1. The van der Waals surface area contributed by atoms with Gasteiger partial charge in [-0.25, -0.2) is 4.79 Å². The normalized spacial score (nSPS) is 12.7. The molecule has 0 aliphatic heterocycles. The van der Waals surface area contributed by atoms with E-state index in [9.17, 15) is 9.59 Å². The van der Waals surface area contributed by atoms with E-state index in [4.69, 9.17) is 9.47 Å². The molecule has 0 unspecified atom stereocenters. The molecule has 1 rings (SSSR count). The molecule has 1 aromatic rings. The number of alkyl carbamates (subject to hydrolysis) is 1. The number of ether oxygens (including phenoxy) is 2. The van der Waals surface area contributed by atoms with Gasteiger partial charge in [0.1, 0.15) is 18.2 Å². The van der Waals surface area contributed by atoms with Crippen LogP contribution in [-0.2, 0) is 14.3 Å². The van der Waals surface area contributed by atoms with Gasteiger partial charge in [-0.15, -0.1) is 0 Å². The summed E-state index contributed by atoms with van der Waals surface area (Å²) in [6.07, 6.45) is 2.60. The minimum atomic E-state index is -0.646. The zero-order valence-corrected chi connectivity index (χ0v) is 15.3. The highest BCUT2D eigenvalue weighted by Crippen LogP contribution is 2.12. The van der Waals surface area contributed by atoms with Crippen LogP contribution in [-0.4, -0.2) is 30.3 Å². The van der Waals surface area contributed by atoms with Gasteiger partial charge >= 0.3 is 12.1 Å². The van der Waals surface area contributed by atoms with Crippen molar-refractivity contribution < 1.29 is 19.1 Å². The van der Waals surface area contributed by atoms with E-state index in [2.05, 4.69) is 21.2 Å². The first-order chi connectivity index (χ1) is 10.7. The Hall–Kier alpha value is -1.82. The Bertz CT molecular complexity index is 561. The Morgan fingerprint density at radius 2 is 1.87 bits per heavy atom. The van der Waals surface area contributed by atoms with Gasteiger partial charge in [-0.1, -0.05) is 34.1 Å². The molecule has 0 heterocycles. The fourth-order valence-electron chi connectivity index (χ4n) is 1.57. The van der Waals surface area contributed by atoms with Crippen molar-refractivity contribution in [1.29, 1.82) is 0 Å². The minimum Gasteiger partial charge on any atom is -0.457 e. The smallest absolute Gasteiger partial charge is 0.408 e. The third kappa shape index (κ3) is 9.03. The summed E-state index contributed by atoms with van der Waals surface area (Å²) in [4.78, 5) is 23.1. The minimum absolute atomic E-state index is 0.231. The maximum absolute atomic E-state index is 11.6. The first-order valence-corrected chi connectivity index (χ1v) is 8.05. The maximum Gasteiger partial charge on any atom is 0.408 e. The van der Waals surface area contributed by atoms with Crippen LogP contribution < -0.4 is 5.32 Å². The summed E-state index contributed by atoms with van der Waals surface area (Å²) < 4.78 is 11.2. The lowest BCUT2D eigenvalue weighted by Crippen LogP contribution is -2.36. The third-order valence-electron chi connectivity index (χ3n) is 2.52. The van der Waals surface area contributed by atoms with Crippen molar-refractivity contribution in [3.8, 4) is 0 Å². The van der Waals surface area contributed by atoms with E-state index < -0.39 is 23.8 Å². The molecule has 0 bridgehead atoms. The molecule has 1 aromatic carbocycles. The van der Waals surface area contributed by atoms with Crippen LogP contribution in [0.5, 0.6) is 0 Å². The fourth-order valence-corrected chi connectivity index (χ4v) is 1.83. The lowest BCUT2D eigenvalue weighted by Gasteiger charge is -2.19. The molecule has 126 valence electrons. The number of hydrogen-bond donors (Lipinski definition) is 1. The number of hydrogen-bond acceptors (Lipinski definition) is 4. The standard InChI is InChI=1S/C17H22BrNO4/c1-12(5-6-13-7-9-14(18)10-8-13)22-15(20)11-19-16(21)23-17(2,3)4/h5-10,12H,11H2,1-4H3,(H,19,21)/b6-5+/t12-/m0/s1.